The largest absolute Gasteiger partial charge is 0.492 e. The van der Waals surface area contributed by atoms with Crippen LogP contribution in [0.5, 0.6) is 0 Å². The summed E-state index contributed by atoms with van der Waals surface area (Å²) >= 11 is 0. The molecule has 0 saturated carbocycles. The van der Waals surface area contributed by atoms with Gasteiger partial charge in [0.1, 0.15) is 5.60 Å². The monoisotopic (exact) mass is 277 g/mol. The summed E-state index contributed by atoms with van der Waals surface area (Å²) in [6.07, 6.45) is -0.505. The molecule has 0 unspecified atom stereocenters. The fourth-order valence-electron chi connectivity index (χ4n) is 2.20. The minimum absolute atomic E-state index is 0.505. The van der Waals surface area contributed by atoms with Crippen LogP contribution in [0.3, 0.4) is 0 Å². The van der Waals surface area contributed by atoms with Crippen LogP contribution >= 0.6 is 0 Å². The number of hydrogen-bond donors (Lipinski definition) is 2. The van der Waals surface area contributed by atoms with Crippen LogP contribution in [0, 0.1) is 0 Å². The van der Waals surface area contributed by atoms with Crippen molar-refractivity contribution in [3.63, 3.8) is 0 Å². The second-order valence-electron chi connectivity index (χ2n) is 6.41. The maximum Gasteiger partial charge on any atom is 0.492 e. The normalized spacial score (nSPS) is 16.8. The molecule has 0 saturated heterocycles. The van der Waals surface area contributed by atoms with E-state index in [4.69, 9.17) is 9.39 Å². The second-order valence-corrected chi connectivity index (χ2v) is 6.41. The maximum atomic E-state index is 11.7. The van der Waals surface area contributed by atoms with Gasteiger partial charge in [0.2, 0.25) is 0 Å². The summed E-state index contributed by atoms with van der Waals surface area (Å²) < 4.78 is 10.7. The van der Waals surface area contributed by atoms with Gasteiger partial charge in [-0.05, 0) is 57.8 Å². The Morgan fingerprint density at radius 3 is 2.65 bits per heavy atom. The first-order valence-corrected chi connectivity index (χ1v) is 6.59. The van der Waals surface area contributed by atoms with Crippen LogP contribution in [-0.2, 0) is 15.0 Å². The van der Waals surface area contributed by atoms with Crippen molar-refractivity contribution in [2.24, 2.45) is 0 Å². The van der Waals surface area contributed by atoms with Gasteiger partial charge >= 0.3 is 13.2 Å². The molecule has 108 valence electrons. The van der Waals surface area contributed by atoms with E-state index in [1.807, 2.05) is 34.6 Å². The molecule has 2 N–H and O–H groups in total. The molecule has 0 bridgehead atoms. The Morgan fingerprint density at radius 2 is 2.05 bits per heavy atom. The minimum atomic E-state index is -0.921. The number of rotatable bonds is 1. The molecule has 0 atom stereocenters. The number of hydrogen-bond acceptors (Lipinski definition) is 4. The summed E-state index contributed by atoms with van der Waals surface area (Å²) in [6, 6.07) is 5.27. The molecule has 1 aliphatic rings. The van der Waals surface area contributed by atoms with E-state index in [0.29, 0.717) is 5.69 Å². The number of carbonyl (C=O) groups excluding carboxylic acids is 1. The van der Waals surface area contributed by atoms with Gasteiger partial charge in [-0.3, -0.25) is 5.32 Å². The number of anilines is 1. The average molecular weight is 277 g/mol. The van der Waals surface area contributed by atoms with Crippen molar-refractivity contribution in [1.82, 2.24) is 0 Å². The third kappa shape index (κ3) is 3.14. The molecule has 1 amide bonds. The molecule has 1 aliphatic heterocycles. The highest BCUT2D eigenvalue weighted by Crippen LogP contribution is 2.31. The fourth-order valence-corrected chi connectivity index (χ4v) is 2.20. The smallest absolute Gasteiger partial charge is 0.444 e. The van der Waals surface area contributed by atoms with Crippen molar-refractivity contribution in [2.45, 2.75) is 45.8 Å². The Labute approximate surface area is 119 Å². The Balaban J connectivity index is 2.19. The number of carbonyl (C=O) groups is 1. The summed E-state index contributed by atoms with van der Waals surface area (Å²) in [5.41, 5.74) is 1.08. The number of amides is 1. The summed E-state index contributed by atoms with van der Waals surface area (Å²) in [6.45, 7) is 9.17. The second kappa shape index (κ2) is 4.79. The number of nitrogens with one attached hydrogen (secondary N) is 1. The zero-order chi connectivity index (χ0) is 15.1. The standard InChI is InChI=1S/C14H20BNO4/c1-13(2,3)19-12(17)16-9-6-7-11-10(8-9)14(4,5)20-15(11)18/h6-8,18H,1-5H3,(H,16,17). The van der Waals surface area contributed by atoms with E-state index in [1.54, 1.807) is 18.2 Å². The van der Waals surface area contributed by atoms with Gasteiger partial charge in [-0.15, -0.1) is 0 Å². The van der Waals surface area contributed by atoms with Gasteiger partial charge in [0.15, 0.2) is 0 Å². The molecule has 1 aromatic carbocycles. The zero-order valence-corrected chi connectivity index (χ0v) is 12.5. The Bertz CT molecular complexity index is 536. The first-order chi connectivity index (χ1) is 9.08. The maximum absolute atomic E-state index is 11.7. The number of ether oxygens (including phenoxy) is 1. The summed E-state index contributed by atoms with van der Waals surface area (Å²) in [5.74, 6) is 0. The van der Waals surface area contributed by atoms with E-state index >= 15 is 0 Å². The van der Waals surface area contributed by atoms with Crippen LogP contribution in [0.4, 0.5) is 10.5 Å². The quantitative estimate of drug-likeness (QED) is 0.770. The van der Waals surface area contributed by atoms with E-state index in [0.717, 1.165) is 11.0 Å². The lowest BCUT2D eigenvalue weighted by molar-refractivity contribution is 0.0635. The average Bonchev–Trinajstić information content (AvgIpc) is 2.46. The van der Waals surface area contributed by atoms with Crippen molar-refractivity contribution >= 4 is 24.4 Å². The Kier molecular flexibility index (Phi) is 3.56. The third-order valence-corrected chi connectivity index (χ3v) is 3.02. The predicted molar refractivity (Wildman–Crippen MR) is 78.0 cm³/mol. The summed E-state index contributed by atoms with van der Waals surface area (Å²) in [4.78, 5) is 11.7. The lowest BCUT2D eigenvalue weighted by atomic mass is 9.78. The fraction of sp³-hybridized carbons (Fsp3) is 0.500. The SMILES string of the molecule is CC(C)(C)OC(=O)Nc1ccc2c(c1)C(C)(C)OB2O. The highest BCUT2D eigenvalue weighted by Gasteiger charge is 2.40. The molecule has 0 fully saturated rings. The molecule has 1 heterocycles. The van der Waals surface area contributed by atoms with Crippen molar-refractivity contribution in [3.05, 3.63) is 23.8 Å². The summed E-state index contributed by atoms with van der Waals surface area (Å²) in [5, 5.41) is 12.5. The number of benzene rings is 1. The Morgan fingerprint density at radius 1 is 1.40 bits per heavy atom. The van der Waals surface area contributed by atoms with Gasteiger partial charge in [0.05, 0.1) is 5.60 Å². The van der Waals surface area contributed by atoms with E-state index < -0.39 is 24.4 Å². The van der Waals surface area contributed by atoms with Gasteiger partial charge in [-0.25, -0.2) is 4.79 Å². The lowest BCUT2D eigenvalue weighted by Crippen LogP contribution is -2.29. The molecule has 0 radical (unpaired) electrons. The van der Waals surface area contributed by atoms with Crippen LogP contribution in [0.15, 0.2) is 18.2 Å². The van der Waals surface area contributed by atoms with Crippen molar-refractivity contribution in [3.8, 4) is 0 Å². The highest BCUT2D eigenvalue weighted by molar-refractivity contribution is 6.62. The van der Waals surface area contributed by atoms with Crippen molar-refractivity contribution < 1.29 is 19.2 Å². The van der Waals surface area contributed by atoms with Gasteiger partial charge in [0.25, 0.3) is 0 Å². The minimum Gasteiger partial charge on any atom is -0.444 e. The number of fused-ring (bicyclic) bond motifs is 1. The molecule has 20 heavy (non-hydrogen) atoms. The topological polar surface area (TPSA) is 67.8 Å². The molecular formula is C14H20BNO4. The molecular weight excluding hydrogens is 257 g/mol. The molecule has 0 aliphatic carbocycles. The van der Waals surface area contributed by atoms with E-state index in [2.05, 4.69) is 5.32 Å². The predicted octanol–water partition coefficient (Wildman–Crippen LogP) is 1.99. The first kappa shape index (κ1) is 14.9. The van der Waals surface area contributed by atoms with Gasteiger partial charge in [-0.1, -0.05) is 6.07 Å². The van der Waals surface area contributed by atoms with Crippen LogP contribution in [0.1, 0.15) is 40.2 Å². The van der Waals surface area contributed by atoms with E-state index in [9.17, 15) is 9.82 Å². The third-order valence-electron chi connectivity index (χ3n) is 3.02. The van der Waals surface area contributed by atoms with Crippen LogP contribution < -0.4 is 10.8 Å². The van der Waals surface area contributed by atoms with E-state index in [-0.39, 0.29) is 0 Å². The van der Waals surface area contributed by atoms with Gasteiger partial charge in [-0.2, -0.15) is 0 Å². The van der Waals surface area contributed by atoms with Gasteiger partial charge < -0.3 is 14.4 Å². The molecule has 1 aromatic rings. The van der Waals surface area contributed by atoms with Crippen molar-refractivity contribution in [1.29, 1.82) is 0 Å². The van der Waals surface area contributed by atoms with E-state index in [1.165, 1.54) is 0 Å². The molecule has 0 spiro atoms. The summed E-state index contributed by atoms with van der Waals surface area (Å²) in [7, 11) is -0.921. The van der Waals surface area contributed by atoms with Crippen molar-refractivity contribution in [2.75, 3.05) is 5.32 Å². The molecule has 2 rings (SSSR count). The highest BCUT2D eigenvalue weighted by atomic mass is 16.6. The van der Waals surface area contributed by atoms with Crippen LogP contribution in [0.2, 0.25) is 0 Å². The first-order valence-electron chi connectivity index (χ1n) is 6.59. The van der Waals surface area contributed by atoms with Crippen LogP contribution in [0.25, 0.3) is 0 Å². The Hall–Kier alpha value is -1.53. The zero-order valence-electron chi connectivity index (χ0n) is 12.5. The molecule has 6 heteroatoms. The van der Waals surface area contributed by atoms with Gasteiger partial charge in [0, 0.05) is 5.69 Å². The van der Waals surface area contributed by atoms with Crippen LogP contribution in [-0.4, -0.2) is 23.8 Å². The lowest BCUT2D eigenvalue weighted by Gasteiger charge is -2.21. The molecule has 5 nitrogen and oxygen atoms in total. The molecule has 0 aromatic heterocycles.